The number of urea groups is 1. The van der Waals surface area contributed by atoms with Gasteiger partial charge in [-0.25, -0.2) is 4.79 Å². The lowest BCUT2D eigenvalue weighted by molar-refractivity contribution is -0.141. The molecule has 0 aliphatic carbocycles. The van der Waals surface area contributed by atoms with Gasteiger partial charge in [-0.3, -0.25) is 19.8 Å². The van der Waals surface area contributed by atoms with Gasteiger partial charge in [-0.15, -0.1) is 11.6 Å². The van der Waals surface area contributed by atoms with Gasteiger partial charge >= 0.3 is 12.0 Å². The molecule has 1 fully saturated rings. The van der Waals surface area contributed by atoms with Crippen LogP contribution in [0.4, 0.5) is 4.79 Å². The number of nitrogens with one attached hydrogen (secondary N) is 1. The molecule has 3 amide bonds. The van der Waals surface area contributed by atoms with Gasteiger partial charge in [0, 0.05) is 45.0 Å². The molecule has 7 nitrogen and oxygen atoms in total. The molecular formula is C12H20ClN3O4. The van der Waals surface area contributed by atoms with E-state index in [1.807, 2.05) is 0 Å². The summed E-state index contributed by atoms with van der Waals surface area (Å²) in [5, 5.41) is 2.30. The SMILES string of the molecule is COC(=O)CCN1CCN(C(=O)NC(=O)CCCl)CC1. The van der Waals surface area contributed by atoms with Crippen LogP contribution in [0.3, 0.4) is 0 Å². The van der Waals surface area contributed by atoms with Gasteiger partial charge in [0.05, 0.1) is 13.5 Å². The van der Waals surface area contributed by atoms with E-state index in [1.165, 1.54) is 7.11 Å². The van der Waals surface area contributed by atoms with Gasteiger partial charge in [0.1, 0.15) is 0 Å². The first-order valence-corrected chi connectivity index (χ1v) is 7.04. The zero-order valence-electron chi connectivity index (χ0n) is 11.6. The topological polar surface area (TPSA) is 79.0 Å². The van der Waals surface area contributed by atoms with Crippen molar-refractivity contribution in [2.45, 2.75) is 12.8 Å². The lowest BCUT2D eigenvalue weighted by Crippen LogP contribution is -2.53. The Morgan fingerprint density at radius 3 is 2.35 bits per heavy atom. The number of carbonyl (C=O) groups is 3. The number of carbonyl (C=O) groups excluding carboxylic acids is 3. The van der Waals surface area contributed by atoms with Crippen LogP contribution >= 0.6 is 11.6 Å². The molecule has 20 heavy (non-hydrogen) atoms. The minimum Gasteiger partial charge on any atom is -0.469 e. The number of nitrogens with zero attached hydrogens (tertiary/aromatic N) is 2. The number of hydrogen-bond acceptors (Lipinski definition) is 5. The number of halogens is 1. The standard InChI is InChI=1S/C12H20ClN3O4/c1-20-11(18)3-5-15-6-8-16(9-7-15)12(19)14-10(17)2-4-13/h2-9H2,1H3,(H,14,17,19). The van der Waals surface area contributed by atoms with Crippen molar-refractivity contribution in [2.75, 3.05) is 45.7 Å². The molecule has 0 aromatic heterocycles. The number of piperazine rings is 1. The molecule has 1 N–H and O–H groups in total. The number of ether oxygens (including phenoxy) is 1. The third-order valence-corrected chi connectivity index (χ3v) is 3.28. The minimum atomic E-state index is -0.382. The predicted molar refractivity (Wildman–Crippen MR) is 73.5 cm³/mol. The largest absolute Gasteiger partial charge is 0.469 e. The van der Waals surface area contributed by atoms with E-state index in [1.54, 1.807) is 4.90 Å². The summed E-state index contributed by atoms with van der Waals surface area (Å²) in [6.07, 6.45) is 0.475. The van der Waals surface area contributed by atoms with Crippen LogP contribution in [0.2, 0.25) is 0 Å². The van der Waals surface area contributed by atoms with Crippen LogP contribution in [0.15, 0.2) is 0 Å². The molecule has 8 heteroatoms. The van der Waals surface area contributed by atoms with Gasteiger partial charge in [-0.05, 0) is 0 Å². The molecule has 1 saturated heterocycles. The van der Waals surface area contributed by atoms with Crippen molar-refractivity contribution in [1.29, 1.82) is 0 Å². The Bertz CT molecular complexity index is 357. The van der Waals surface area contributed by atoms with Gasteiger partial charge in [0.2, 0.25) is 5.91 Å². The van der Waals surface area contributed by atoms with E-state index in [0.717, 1.165) is 0 Å². The first-order chi connectivity index (χ1) is 9.56. The van der Waals surface area contributed by atoms with Gasteiger partial charge in [0.25, 0.3) is 0 Å². The molecular weight excluding hydrogens is 286 g/mol. The van der Waals surface area contributed by atoms with Crippen molar-refractivity contribution in [1.82, 2.24) is 15.1 Å². The van der Waals surface area contributed by atoms with E-state index in [4.69, 9.17) is 11.6 Å². The van der Waals surface area contributed by atoms with E-state index in [2.05, 4.69) is 15.0 Å². The quantitative estimate of drug-likeness (QED) is 0.573. The van der Waals surface area contributed by atoms with Gasteiger partial charge in [-0.2, -0.15) is 0 Å². The Morgan fingerprint density at radius 1 is 1.15 bits per heavy atom. The fourth-order valence-electron chi connectivity index (χ4n) is 1.87. The van der Waals surface area contributed by atoms with Crippen LogP contribution in [-0.2, 0) is 14.3 Å². The Morgan fingerprint density at radius 2 is 1.80 bits per heavy atom. The summed E-state index contributed by atoms with van der Waals surface area (Å²) >= 11 is 5.43. The maximum atomic E-state index is 11.8. The monoisotopic (exact) mass is 305 g/mol. The molecule has 1 aliphatic heterocycles. The molecule has 0 atom stereocenters. The number of alkyl halides is 1. The second-order valence-corrected chi connectivity index (χ2v) is 4.83. The van der Waals surface area contributed by atoms with E-state index < -0.39 is 0 Å². The predicted octanol–water partition coefficient (Wildman–Crippen LogP) is 0.0322. The van der Waals surface area contributed by atoms with Crippen LogP contribution in [0.25, 0.3) is 0 Å². The summed E-state index contributed by atoms with van der Waals surface area (Å²) in [6, 6.07) is -0.382. The van der Waals surface area contributed by atoms with E-state index in [0.29, 0.717) is 39.1 Å². The summed E-state index contributed by atoms with van der Waals surface area (Å²) in [5.74, 6) is -0.407. The summed E-state index contributed by atoms with van der Waals surface area (Å²) in [6.45, 7) is 3.03. The number of esters is 1. The molecule has 0 saturated carbocycles. The molecule has 0 aromatic rings. The van der Waals surface area contributed by atoms with Crippen molar-refractivity contribution in [3.05, 3.63) is 0 Å². The van der Waals surface area contributed by atoms with Crippen molar-refractivity contribution in [2.24, 2.45) is 0 Å². The van der Waals surface area contributed by atoms with Crippen LogP contribution in [0, 0.1) is 0 Å². The van der Waals surface area contributed by atoms with E-state index in [-0.39, 0.29) is 30.2 Å². The number of amides is 3. The molecule has 1 rings (SSSR count). The van der Waals surface area contributed by atoms with E-state index in [9.17, 15) is 14.4 Å². The summed E-state index contributed by atoms with van der Waals surface area (Å²) in [7, 11) is 1.36. The molecule has 114 valence electrons. The zero-order valence-corrected chi connectivity index (χ0v) is 12.3. The third kappa shape index (κ3) is 5.75. The first-order valence-electron chi connectivity index (χ1n) is 6.50. The summed E-state index contributed by atoms with van der Waals surface area (Å²) < 4.78 is 4.58. The molecule has 1 aliphatic rings. The van der Waals surface area contributed by atoms with Crippen molar-refractivity contribution >= 4 is 29.5 Å². The zero-order chi connectivity index (χ0) is 15.0. The fourth-order valence-corrected chi connectivity index (χ4v) is 2.04. The smallest absolute Gasteiger partial charge is 0.324 e. The first kappa shape index (κ1) is 16.7. The Kier molecular flexibility index (Phi) is 7.32. The second-order valence-electron chi connectivity index (χ2n) is 4.45. The maximum absolute atomic E-state index is 11.8. The highest BCUT2D eigenvalue weighted by molar-refractivity contribution is 6.19. The number of imide groups is 1. The molecule has 0 radical (unpaired) electrons. The van der Waals surface area contributed by atoms with Gasteiger partial charge in [-0.1, -0.05) is 0 Å². The van der Waals surface area contributed by atoms with Gasteiger partial charge < -0.3 is 9.64 Å². The van der Waals surface area contributed by atoms with Crippen LogP contribution in [0.5, 0.6) is 0 Å². The second kappa shape index (κ2) is 8.76. The highest BCUT2D eigenvalue weighted by atomic mass is 35.5. The number of hydrogen-bond donors (Lipinski definition) is 1. The molecule has 0 spiro atoms. The number of rotatable bonds is 5. The van der Waals surface area contributed by atoms with Gasteiger partial charge in [0.15, 0.2) is 0 Å². The third-order valence-electron chi connectivity index (χ3n) is 3.09. The fraction of sp³-hybridized carbons (Fsp3) is 0.750. The summed E-state index contributed by atoms with van der Waals surface area (Å²) in [4.78, 5) is 37.7. The Labute approximate surface area is 123 Å². The highest BCUT2D eigenvalue weighted by Gasteiger charge is 2.22. The molecule has 0 bridgehead atoms. The summed E-state index contributed by atoms with van der Waals surface area (Å²) in [5.41, 5.74) is 0. The lowest BCUT2D eigenvalue weighted by atomic mass is 10.3. The normalized spacial score (nSPS) is 15.8. The van der Waals surface area contributed by atoms with Crippen molar-refractivity contribution in [3.8, 4) is 0 Å². The Balaban J connectivity index is 2.25. The molecule has 0 aromatic carbocycles. The average Bonchev–Trinajstić information content (AvgIpc) is 2.45. The van der Waals surface area contributed by atoms with Crippen molar-refractivity contribution in [3.63, 3.8) is 0 Å². The van der Waals surface area contributed by atoms with E-state index >= 15 is 0 Å². The lowest BCUT2D eigenvalue weighted by Gasteiger charge is -2.34. The number of methoxy groups -OCH3 is 1. The highest BCUT2D eigenvalue weighted by Crippen LogP contribution is 2.03. The van der Waals surface area contributed by atoms with Crippen molar-refractivity contribution < 1.29 is 19.1 Å². The molecule has 0 unspecified atom stereocenters. The van der Waals surface area contributed by atoms with Crippen LogP contribution in [-0.4, -0.2) is 73.4 Å². The average molecular weight is 306 g/mol. The van der Waals surface area contributed by atoms with Crippen LogP contribution < -0.4 is 5.32 Å². The molecule has 1 heterocycles. The van der Waals surface area contributed by atoms with Crippen LogP contribution in [0.1, 0.15) is 12.8 Å². The Hall–Kier alpha value is -1.34. The minimum absolute atomic E-state index is 0.131. The maximum Gasteiger partial charge on any atom is 0.324 e.